The summed E-state index contributed by atoms with van der Waals surface area (Å²) >= 11 is 1.27. The van der Waals surface area contributed by atoms with E-state index in [1.165, 1.54) is 28.6 Å². The number of ether oxygens (including phenoxy) is 2. The third-order valence-electron chi connectivity index (χ3n) is 6.32. The zero-order valence-corrected chi connectivity index (χ0v) is 22.5. The Morgan fingerprint density at radius 3 is 1.98 bits per heavy atom. The van der Waals surface area contributed by atoms with E-state index in [0.717, 1.165) is 0 Å². The monoisotopic (exact) mass is 567 g/mol. The molecule has 1 aliphatic rings. The maximum Gasteiger partial charge on any atom is 0.350 e. The van der Waals surface area contributed by atoms with Crippen LogP contribution in [0.25, 0.3) is 0 Å². The van der Waals surface area contributed by atoms with Crippen LogP contribution in [0.1, 0.15) is 36.4 Å². The molecular formula is C31H25N3O6S. The molecule has 0 radical (unpaired) electrons. The first-order valence-electron chi connectivity index (χ1n) is 12.7. The summed E-state index contributed by atoms with van der Waals surface area (Å²) in [6.45, 7) is 4.04. The second kappa shape index (κ2) is 12.5. The average Bonchev–Trinajstić information content (AvgIpc) is 3.31. The predicted molar refractivity (Wildman–Crippen MR) is 155 cm³/mol. The molecule has 5 rings (SSSR count). The van der Waals surface area contributed by atoms with Crippen molar-refractivity contribution in [2.75, 3.05) is 11.9 Å². The van der Waals surface area contributed by atoms with Crippen LogP contribution in [0, 0.1) is 0 Å². The molecule has 4 aromatic rings. The normalized spacial score (nSPS) is 18.0. The number of carbonyl (C=O) groups excluding carboxylic acids is 3. The number of thioether (sulfide) groups is 1. The van der Waals surface area contributed by atoms with Gasteiger partial charge in [0.05, 0.1) is 16.4 Å². The van der Waals surface area contributed by atoms with Crippen molar-refractivity contribution in [3.8, 4) is 0 Å². The Bertz CT molecular complexity index is 1630. The maximum atomic E-state index is 13.1. The Labute approximate surface area is 239 Å². The minimum absolute atomic E-state index is 0.0892. The number of hydrogen-bond donors (Lipinski definition) is 1. The molecule has 0 aliphatic carbocycles. The average molecular weight is 568 g/mol. The molecular weight excluding hydrogens is 542 g/mol. The molecule has 0 saturated carbocycles. The summed E-state index contributed by atoms with van der Waals surface area (Å²) in [5.74, 6) is -1.40. The number of nitrogens with zero attached hydrogens (tertiary/aromatic N) is 2. The number of esters is 2. The number of carbonyl (C=O) groups is 3. The van der Waals surface area contributed by atoms with E-state index in [1.54, 1.807) is 91.0 Å². The highest BCUT2D eigenvalue weighted by atomic mass is 32.2. The molecule has 3 aromatic carbocycles. The maximum absolute atomic E-state index is 13.1. The lowest BCUT2D eigenvalue weighted by atomic mass is 10.1. The van der Waals surface area contributed by atoms with Crippen molar-refractivity contribution in [2.24, 2.45) is 0 Å². The fourth-order valence-corrected chi connectivity index (χ4v) is 5.69. The van der Waals surface area contributed by atoms with Gasteiger partial charge in [0, 0.05) is 11.8 Å². The van der Waals surface area contributed by atoms with Gasteiger partial charge in [-0.1, -0.05) is 61.2 Å². The Morgan fingerprint density at radius 2 is 1.39 bits per heavy atom. The highest BCUT2D eigenvalue weighted by molar-refractivity contribution is 8.00. The number of rotatable bonds is 8. The van der Waals surface area contributed by atoms with Crippen LogP contribution in [0.4, 0.5) is 5.82 Å². The molecule has 3 atom stereocenters. The van der Waals surface area contributed by atoms with Crippen molar-refractivity contribution in [1.29, 1.82) is 0 Å². The van der Waals surface area contributed by atoms with Crippen LogP contribution in [-0.2, 0) is 9.47 Å². The first-order chi connectivity index (χ1) is 19.9. The van der Waals surface area contributed by atoms with Crippen LogP contribution in [0.15, 0.2) is 120 Å². The molecule has 2 heterocycles. The third kappa shape index (κ3) is 6.44. The van der Waals surface area contributed by atoms with Crippen LogP contribution in [0.3, 0.4) is 0 Å². The Kier molecular flexibility index (Phi) is 8.40. The van der Waals surface area contributed by atoms with E-state index in [-0.39, 0.29) is 12.4 Å². The van der Waals surface area contributed by atoms with Crippen LogP contribution < -0.4 is 11.0 Å². The minimum atomic E-state index is -0.856. The molecule has 0 unspecified atom stereocenters. The molecule has 41 heavy (non-hydrogen) atoms. The van der Waals surface area contributed by atoms with Gasteiger partial charge < -0.3 is 14.8 Å². The van der Waals surface area contributed by atoms with E-state index in [9.17, 15) is 19.2 Å². The van der Waals surface area contributed by atoms with Crippen LogP contribution in [-0.4, -0.2) is 45.4 Å². The van der Waals surface area contributed by atoms with Gasteiger partial charge in [-0.15, -0.1) is 11.8 Å². The molecule has 1 saturated heterocycles. The van der Waals surface area contributed by atoms with Gasteiger partial charge in [-0.25, -0.2) is 14.4 Å². The van der Waals surface area contributed by atoms with Crippen molar-refractivity contribution in [1.82, 2.24) is 9.55 Å². The summed E-state index contributed by atoms with van der Waals surface area (Å²) in [6, 6.07) is 27.1. The number of amides is 1. The van der Waals surface area contributed by atoms with Crippen molar-refractivity contribution in [2.45, 2.75) is 16.7 Å². The van der Waals surface area contributed by atoms with E-state index < -0.39 is 40.3 Å². The molecule has 1 amide bonds. The molecule has 9 nitrogen and oxygen atoms in total. The Balaban J connectivity index is 1.35. The van der Waals surface area contributed by atoms with Gasteiger partial charge in [0.15, 0.2) is 0 Å². The second-order valence-corrected chi connectivity index (χ2v) is 10.4. The lowest BCUT2D eigenvalue weighted by Gasteiger charge is -2.20. The van der Waals surface area contributed by atoms with E-state index >= 15 is 0 Å². The quantitative estimate of drug-likeness (QED) is 0.240. The smallest absolute Gasteiger partial charge is 0.350 e. The predicted octanol–water partition coefficient (Wildman–Crippen LogP) is 4.75. The first-order valence-corrected chi connectivity index (χ1v) is 13.6. The zero-order valence-electron chi connectivity index (χ0n) is 21.7. The highest BCUT2D eigenvalue weighted by Crippen LogP contribution is 2.46. The fourth-order valence-electron chi connectivity index (χ4n) is 4.24. The molecule has 206 valence electrons. The first kappa shape index (κ1) is 27.6. The van der Waals surface area contributed by atoms with Crippen LogP contribution in [0.5, 0.6) is 0 Å². The van der Waals surface area contributed by atoms with E-state index in [0.29, 0.717) is 22.3 Å². The largest absolute Gasteiger partial charge is 0.461 e. The van der Waals surface area contributed by atoms with Gasteiger partial charge in [0.2, 0.25) is 0 Å². The van der Waals surface area contributed by atoms with Gasteiger partial charge in [-0.2, -0.15) is 4.98 Å². The fraction of sp³-hybridized carbons (Fsp3) is 0.129. The summed E-state index contributed by atoms with van der Waals surface area (Å²) in [7, 11) is 0. The molecule has 1 N–H and O–H groups in total. The number of nitrogens with one attached hydrogen (secondary N) is 1. The van der Waals surface area contributed by atoms with Crippen molar-refractivity contribution in [3.05, 3.63) is 143 Å². The van der Waals surface area contributed by atoms with Crippen molar-refractivity contribution < 1.29 is 23.9 Å². The summed E-state index contributed by atoms with van der Waals surface area (Å²) in [6.07, 6.45) is 0.637. The summed E-state index contributed by atoms with van der Waals surface area (Å²) in [4.78, 5) is 55.1. The van der Waals surface area contributed by atoms with E-state index in [4.69, 9.17) is 9.47 Å². The molecule has 1 aromatic heterocycles. The topological polar surface area (TPSA) is 117 Å². The van der Waals surface area contributed by atoms with E-state index in [1.807, 2.05) is 0 Å². The summed E-state index contributed by atoms with van der Waals surface area (Å²) in [5, 5.41) is 1.41. The van der Waals surface area contributed by atoms with E-state index in [2.05, 4.69) is 16.9 Å². The number of anilines is 1. The number of hydrogen-bond acceptors (Lipinski definition) is 8. The van der Waals surface area contributed by atoms with Crippen LogP contribution >= 0.6 is 11.8 Å². The zero-order chi connectivity index (χ0) is 28.8. The van der Waals surface area contributed by atoms with Gasteiger partial charge in [-0.3, -0.25) is 9.36 Å². The molecule has 0 bridgehead atoms. The molecule has 10 heteroatoms. The Hall–Kier alpha value is -4.96. The highest BCUT2D eigenvalue weighted by Gasteiger charge is 2.43. The lowest BCUT2D eigenvalue weighted by Crippen LogP contribution is -2.31. The summed E-state index contributed by atoms with van der Waals surface area (Å²) in [5.41, 5.74) is 0.965. The Morgan fingerprint density at radius 1 is 0.829 bits per heavy atom. The number of benzene rings is 3. The van der Waals surface area contributed by atoms with Gasteiger partial charge in [-0.05, 0) is 48.0 Å². The summed E-state index contributed by atoms with van der Waals surface area (Å²) < 4.78 is 12.7. The van der Waals surface area contributed by atoms with Crippen LogP contribution in [0.2, 0.25) is 0 Å². The van der Waals surface area contributed by atoms with Gasteiger partial charge >= 0.3 is 17.6 Å². The molecule has 1 fully saturated rings. The molecule has 0 spiro atoms. The lowest BCUT2D eigenvalue weighted by molar-refractivity contribution is 0.0289. The minimum Gasteiger partial charge on any atom is -0.461 e. The third-order valence-corrected chi connectivity index (χ3v) is 7.84. The SMILES string of the molecule is C=C1[C@@H](OC(=O)c2ccccc2)[C@H](COC(=O)c2ccccc2)S[C@H]1n1ccc(NC(=O)c2ccccc2)nc1=O. The van der Waals surface area contributed by atoms with Gasteiger partial charge in [0.1, 0.15) is 23.9 Å². The number of aromatic nitrogens is 2. The van der Waals surface area contributed by atoms with Crippen molar-refractivity contribution >= 4 is 35.4 Å². The molecule has 1 aliphatic heterocycles. The standard InChI is InChI=1S/C31H25N3O6S/c1-20-26(40-30(37)23-15-9-4-10-16-23)24(19-39-29(36)22-13-7-3-8-14-22)41-28(20)34-18-17-25(33-31(34)38)32-27(35)21-11-5-2-6-12-21/h2-18,24,26,28H,1,19H2,(H,32,33,35,38)/t24-,26+,28+/m0/s1. The second-order valence-electron chi connectivity index (χ2n) is 9.08. The van der Waals surface area contributed by atoms with Crippen molar-refractivity contribution in [3.63, 3.8) is 0 Å². The van der Waals surface area contributed by atoms with Gasteiger partial charge in [0.25, 0.3) is 5.91 Å².